The quantitative estimate of drug-likeness (QED) is 0.508. The fourth-order valence-electron chi connectivity index (χ4n) is 1.79. The molecule has 6 heteroatoms. The predicted molar refractivity (Wildman–Crippen MR) is 84.4 cm³/mol. The summed E-state index contributed by atoms with van der Waals surface area (Å²) in [5, 5.41) is 0. The van der Waals surface area contributed by atoms with Crippen LogP contribution in [0.5, 0.6) is 0 Å². The molecule has 114 valence electrons. The topological polar surface area (TPSA) is 47.5 Å². The number of methoxy groups -OCH3 is 2. The summed E-state index contributed by atoms with van der Waals surface area (Å²) in [5.41, 5.74) is 0. The molecule has 0 saturated heterocycles. The molecule has 0 N–H and O–H groups in total. The van der Waals surface area contributed by atoms with Crippen molar-refractivity contribution in [2.24, 2.45) is 0 Å². The normalized spacial score (nSPS) is 11.1. The van der Waals surface area contributed by atoms with Crippen molar-refractivity contribution in [2.75, 3.05) is 45.4 Å². The summed E-state index contributed by atoms with van der Waals surface area (Å²) in [4.78, 5) is 11.3. The van der Waals surface area contributed by atoms with E-state index in [1.165, 1.54) is 0 Å². The van der Waals surface area contributed by atoms with E-state index < -0.39 is 0 Å². The lowest BCUT2D eigenvalue weighted by atomic mass is 10.2. The van der Waals surface area contributed by atoms with E-state index in [2.05, 4.69) is 44.6 Å². The van der Waals surface area contributed by atoms with E-state index >= 15 is 0 Å². The summed E-state index contributed by atoms with van der Waals surface area (Å²) in [7, 11) is 3.43. The highest BCUT2D eigenvalue weighted by Crippen LogP contribution is 2.20. The number of anilines is 1. The molecule has 0 spiro atoms. The molecule has 0 unspecified atom stereocenters. The van der Waals surface area contributed by atoms with Crippen LogP contribution in [-0.4, -0.2) is 50.5 Å². The minimum absolute atomic E-state index is 0.300. The van der Waals surface area contributed by atoms with Crippen molar-refractivity contribution in [3.8, 4) is 0 Å². The van der Waals surface area contributed by atoms with E-state index in [1.807, 2.05) is 6.07 Å². The van der Waals surface area contributed by atoms with Crippen LogP contribution < -0.4 is 4.90 Å². The van der Waals surface area contributed by atoms with E-state index in [4.69, 9.17) is 9.47 Å². The number of halogens is 1. The Labute approximate surface area is 129 Å². The van der Waals surface area contributed by atoms with E-state index in [1.54, 1.807) is 14.2 Å². The molecule has 1 aromatic rings. The molecule has 0 aromatic carbocycles. The Morgan fingerprint density at radius 2 is 1.85 bits per heavy atom. The molecule has 0 radical (unpaired) electrons. The Morgan fingerprint density at radius 1 is 1.15 bits per heavy atom. The van der Waals surface area contributed by atoms with Crippen molar-refractivity contribution >= 4 is 21.7 Å². The average molecular weight is 346 g/mol. The van der Waals surface area contributed by atoms with Gasteiger partial charge in [-0.25, -0.2) is 9.97 Å². The van der Waals surface area contributed by atoms with Gasteiger partial charge in [-0.3, -0.25) is 0 Å². The zero-order valence-electron chi connectivity index (χ0n) is 12.7. The first-order chi connectivity index (χ1) is 9.58. The molecule has 0 atom stereocenters. The van der Waals surface area contributed by atoms with Crippen LogP contribution in [0.1, 0.15) is 32.0 Å². The highest BCUT2D eigenvalue weighted by atomic mass is 79.9. The number of aromatic nitrogens is 2. The van der Waals surface area contributed by atoms with E-state index in [-0.39, 0.29) is 0 Å². The van der Waals surface area contributed by atoms with Gasteiger partial charge in [0.1, 0.15) is 16.2 Å². The van der Waals surface area contributed by atoms with Crippen molar-refractivity contribution < 1.29 is 9.47 Å². The summed E-state index contributed by atoms with van der Waals surface area (Å²) in [6.45, 7) is 7.30. The van der Waals surface area contributed by atoms with Gasteiger partial charge in [-0.05, 0) is 22.4 Å². The average Bonchev–Trinajstić information content (AvgIpc) is 2.42. The van der Waals surface area contributed by atoms with Crippen LogP contribution in [-0.2, 0) is 9.47 Å². The summed E-state index contributed by atoms with van der Waals surface area (Å²) in [6.07, 6.45) is 0.957. The fourth-order valence-corrected chi connectivity index (χ4v) is 2.17. The first kappa shape index (κ1) is 17.3. The lowest BCUT2D eigenvalue weighted by Gasteiger charge is -2.24. The maximum Gasteiger partial charge on any atom is 0.134 e. The number of hydrogen-bond acceptors (Lipinski definition) is 5. The molecule has 5 nitrogen and oxygen atoms in total. The van der Waals surface area contributed by atoms with Crippen molar-refractivity contribution in [1.82, 2.24) is 9.97 Å². The molecule has 1 rings (SSSR count). The van der Waals surface area contributed by atoms with Gasteiger partial charge in [0.2, 0.25) is 0 Å². The van der Waals surface area contributed by atoms with Crippen LogP contribution in [0, 0.1) is 0 Å². The van der Waals surface area contributed by atoms with Gasteiger partial charge in [0, 0.05) is 45.9 Å². The lowest BCUT2D eigenvalue weighted by Crippen LogP contribution is -2.30. The zero-order valence-corrected chi connectivity index (χ0v) is 14.3. The zero-order chi connectivity index (χ0) is 15.0. The van der Waals surface area contributed by atoms with Crippen LogP contribution in [0.25, 0.3) is 0 Å². The molecule has 20 heavy (non-hydrogen) atoms. The Kier molecular flexibility index (Phi) is 8.02. The third-order valence-electron chi connectivity index (χ3n) is 2.88. The van der Waals surface area contributed by atoms with Crippen LogP contribution in [0.4, 0.5) is 5.82 Å². The molecule has 1 aromatic heterocycles. The fraction of sp³-hybridized carbons (Fsp3) is 0.714. The molecule has 0 aliphatic carbocycles. The minimum Gasteiger partial charge on any atom is -0.385 e. The maximum absolute atomic E-state index is 5.18. The van der Waals surface area contributed by atoms with Gasteiger partial charge in [-0.2, -0.15) is 0 Å². The molecule has 1 heterocycles. The summed E-state index contributed by atoms with van der Waals surface area (Å²) in [6, 6.07) is 1.95. The Bertz CT molecular complexity index is 402. The molecular formula is C14H24BrN3O2. The number of nitrogens with zero attached hydrogens (tertiary/aromatic N) is 3. The first-order valence-electron chi connectivity index (χ1n) is 6.85. The van der Waals surface area contributed by atoms with E-state index in [9.17, 15) is 0 Å². The third-order valence-corrected chi connectivity index (χ3v) is 3.29. The summed E-state index contributed by atoms with van der Waals surface area (Å²) in [5.74, 6) is 2.08. The van der Waals surface area contributed by atoms with E-state index in [0.29, 0.717) is 12.5 Å². The van der Waals surface area contributed by atoms with Gasteiger partial charge in [-0.15, -0.1) is 0 Å². The molecule has 0 bridgehead atoms. The maximum atomic E-state index is 5.18. The predicted octanol–water partition coefficient (Wildman–Crippen LogP) is 2.85. The molecule has 0 aliphatic heterocycles. The Morgan fingerprint density at radius 3 is 2.45 bits per heavy atom. The highest BCUT2D eigenvalue weighted by Gasteiger charge is 2.12. The molecule has 0 aliphatic rings. The number of ether oxygens (including phenoxy) is 2. The van der Waals surface area contributed by atoms with Gasteiger partial charge < -0.3 is 14.4 Å². The second-order valence-corrected chi connectivity index (χ2v) is 5.70. The lowest BCUT2D eigenvalue weighted by molar-refractivity contribution is 0.191. The number of rotatable bonds is 9. The molecular weight excluding hydrogens is 322 g/mol. The summed E-state index contributed by atoms with van der Waals surface area (Å²) >= 11 is 3.47. The Hall–Kier alpha value is -0.720. The number of hydrogen-bond donors (Lipinski definition) is 0. The second kappa shape index (κ2) is 9.26. The monoisotopic (exact) mass is 345 g/mol. The standard InChI is InChI=1S/C14H24BrN3O2/c1-11(2)14-16-12(15)10-13(17-14)18(7-9-20-4)6-5-8-19-3/h10-11H,5-9H2,1-4H3. The molecule has 0 saturated carbocycles. The van der Waals surface area contributed by atoms with Gasteiger partial charge in [0.25, 0.3) is 0 Å². The van der Waals surface area contributed by atoms with Crippen LogP contribution >= 0.6 is 15.9 Å². The highest BCUT2D eigenvalue weighted by molar-refractivity contribution is 9.10. The van der Waals surface area contributed by atoms with E-state index in [0.717, 1.165) is 42.4 Å². The Balaban J connectivity index is 2.87. The molecule has 0 fully saturated rings. The van der Waals surface area contributed by atoms with Crippen LogP contribution in [0.3, 0.4) is 0 Å². The van der Waals surface area contributed by atoms with Crippen molar-refractivity contribution in [2.45, 2.75) is 26.2 Å². The van der Waals surface area contributed by atoms with Crippen molar-refractivity contribution in [3.05, 3.63) is 16.5 Å². The van der Waals surface area contributed by atoms with Gasteiger partial charge in [-0.1, -0.05) is 13.8 Å². The van der Waals surface area contributed by atoms with Crippen molar-refractivity contribution in [1.29, 1.82) is 0 Å². The largest absolute Gasteiger partial charge is 0.385 e. The second-order valence-electron chi connectivity index (χ2n) is 4.89. The van der Waals surface area contributed by atoms with Gasteiger partial charge in [0.05, 0.1) is 6.61 Å². The van der Waals surface area contributed by atoms with Crippen molar-refractivity contribution in [3.63, 3.8) is 0 Å². The third kappa shape index (κ3) is 5.73. The van der Waals surface area contributed by atoms with Gasteiger partial charge >= 0.3 is 0 Å². The first-order valence-corrected chi connectivity index (χ1v) is 7.65. The smallest absolute Gasteiger partial charge is 0.134 e. The summed E-state index contributed by atoms with van der Waals surface area (Å²) < 4.78 is 11.1. The van der Waals surface area contributed by atoms with Gasteiger partial charge in [0.15, 0.2) is 0 Å². The SMILES string of the molecule is COCCCN(CCOC)c1cc(Br)nc(C(C)C)n1. The minimum atomic E-state index is 0.300. The van der Waals surface area contributed by atoms with Crippen LogP contribution in [0.2, 0.25) is 0 Å². The van der Waals surface area contributed by atoms with Crippen LogP contribution in [0.15, 0.2) is 10.7 Å². The molecule has 0 amide bonds.